The van der Waals surface area contributed by atoms with Crippen LogP contribution in [-0.4, -0.2) is 46.8 Å². The summed E-state index contributed by atoms with van der Waals surface area (Å²) >= 11 is 0. The zero-order valence-corrected chi connectivity index (χ0v) is 13.0. The Morgan fingerprint density at radius 3 is 2.73 bits per heavy atom. The molecule has 2 aromatic rings. The van der Waals surface area contributed by atoms with E-state index in [0.717, 1.165) is 0 Å². The highest BCUT2D eigenvalue weighted by atomic mass is 32.2. The molecule has 1 fully saturated rings. The molecule has 0 aliphatic carbocycles. The molecule has 1 atom stereocenters. The molecule has 8 heteroatoms. The van der Waals surface area contributed by atoms with Crippen LogP contribution in [0.1, 0.15) is 29.7 Å². The van der Waals surface area contributed by atoms with Crippen LogP contribution in [0.5, 0.6) is 0 Å². The zero-order chi connectivity index (χ0) is 15.7. The summed E-state index contributed by atoms with van der Waals surface area (Å²) in [5.74, 6) is 0.284. The van der Waals surface area contributed by atoms with E-state index in [1.165, 1.54) is 6.20 Å². The van der Waals surface area contributed by atoms with Gasteiger partial charge < -0.3 is 9.30 Å². The monoisotopic (exact) mass is 323 g/mol. The maximum absolute atomic E-state index is 12.1. The van der Waals surface area contributed by atoms with Crippen LogP contribution < -0.4 is 0 Å². The Hall–Kier alpha value is -2.09. The maximum atomic E-state index is 12.1. The van der Waals surface area contributed by atoms with Crippen molar-refractivity contribution in [3.8, 4) is 5.82 Å². The van der Waals surface area contributed by atoms with Crippen molar-refractivity contribution < 1.29 is 17.9 Å². The first-order valence-electron chi connectivity index (χ1n) is 7.10. The van der Waals surface area contributed by atoms with Crippen LogP contribution in [0, 0.1) is 0 Å². The Balaban J connectivity index is 2.06. The second-order valence-electron chi connectivity index (χ2n) is 5.19. The molecule has 0 spiro atoms. The van der Waals surface area contributed by atoms with E-state index < -0.39 is 15.8 Å². The van der Waals surface area contributed by atoms with E-state index in [-0.39, 0.29) is 24.2 Å². The smallest absolute Gasteiger partial charge is 0.343 e. The van der Waals surface area contributed by atoms with Crippen LogP contribution in [0.4, 0.5) is 0 Å². The molecule has 0 aromatic carbocycles. The van der Waals surface area contributed by atoms with Crippen LogP contribution in [0.25, 0.3) is 5.82 Å². The number of esters is 1. The van der Waals surface area contributed by atoms with Crippen molar-refractivity contribution in [2.75, 3.05) is 18.1 Å². The highest BCUT2D eigenvalue weighted by molar-refractivity contribution is 7.91. The fraction of sp³-hybridized carbons (Fsp3) is 0.429. The Labute approximate surface area is 128 Å². The average molecular weight is 323 g/mol. The quantitative estimate of drug-likeness (QED) is 0.790. The number of carbonyl (C=O) groups is 1. The minimum Gasteiger partial charge on any atom is -0.462 e. The Kier molecular flexibility index (Phi) is 3.78. The van der Waals surface area contributed by atoms with Crippen molar-refractivity contribution in [2.45, 2.75) is 19.4 Å². The van der Waals surface area contributed by atoms with Crippen molar-refractivity contribution in [3.05, 3.63) is 36.3 Å². The number of sulfone groups is 1. The molecular formula is C14H17N3O4S. The molecular weight excluding hydrogens is 306 g/mol. The number of ether oxygens (including phenoxy) is 1. The first-order chi connectivity index (χ1) is 10.5. The van der Waals surface area contributed by atoms with Gasteiger partial charge in [-0.25, -0.2) is 17.9 Å². The van der Waals surface area contributed by atoms with Gasteiger partial charge in [0.2, 0.25) is 0 Å². The maximum Gasteiger partial charge on any atom is 0.343 e. The summed E-state index contributed by atoms with van der Waals surface area (Å²) in [5.41, 5.74) is 0.336. The molecule has 1 aliphatic heterocycles. The lowest BCUT2D eigenvalue weighted by molar-refractivity contribution is 0.0526. The van der Waals surface area contributed by atoms with Gasteiger partial charge in [0.1, 0.15) is 11.4 Å². The van der Waals surface area contributed by atoms with Crippen molar-refractivity contribution in [1.82, 2.24) is 14.3 Å². The summed E-state index contributed by atoms with van der Waals surface area (Å²) in [6, 6.07) is 3.40. The van der Waals surface area contributed by atoms with Gasteiger partial charge in [0, 0.05) is 12.4 Å². The minimum absolute atomic E-state index is 0.0468. The molecule has 118 valence electrons. The second kappa shape index (κ2) is 5.60. The zero-order valence-electron chi connectivity index (χ0n) is 12.2. The standard InChI is InChI=1S/C14H17N3O4S/c1-2-21-14(18)12-9-15-17(11-5-8-22(19,20)10-11)13(12)16-6-3-4-7-16/h3-4,6-7,9,11H,2,5,8,10H2,1H3/t11-/m0/s1. The summed E-state index contributed by atoms with van der Waals surface area (Å²) < 4.78 is 31.9. The van der Waals surface area contributed by atoms with E-state index in [2.05, 4.69) is 5.10 Å². The number of aromatic nitrogens is 3. The molecule has 0 saturated carbocycles. The summed E-state index contributed by atoms with van der Waals surface area (Å²) in [7, 11) is -3.04. The lowest BCUT2D eigenvalue weighted by Gasteiger charge is -2.15. The molecule has 0 bridgehead atoms. The summed E-state index contributed by atoms with van der Waals surface area (Å²) in [6.45, 7) is 2.01. The Morgan fingerprint density at radius 2 is 2.14 bits per heavy atom. The van der Waals surface area contributed by atoms with Gasteiger partial charge in [-0.1, -0.05) is 0 Å². The van der Waals surface area contributed by atoms with E-state index >= 15 is 0 Å². The van der Waals surface area contributed by atoms with Gasteiger partial charge in [-0.05, 0) is 25.5 Å². The molecule has 3 heterocycles. The minimum atomic E-state index is -3.04. The van der Waals surface area contributed by atoms with E-state index in [1.54, 1.807) is 28.6 Å². The third-order valence-electron chi connectivity index (χ3n) is 3.67. The molecule has 2 aromatic heterocycles. The van der Waals surface area contributed by atoms with Crippen molar-refractivity contribution in [3.63, 3.8) is 0 Å². The lowest BCUT2D eigenvalue weighted by atomic mass is 10.2. The number of rotatable bonds is 4. The van der Waals surface area contributed by atoms with Crippen LogP contribution in [0.3, 0.4) is 0 Å². The van der Waals surface area contributed by atoms with Gasteiger partial charge in [0.15, 0.2) is 9.84 Å². The third-order valence-corrected chi connectivity index (χ3v) is 5.42. The molecule has 0 unspecified atom stereocenters. The average Bonchev–Trinajstić information content (AvgIpc) is 3.15. The normalized spacial score (nSPS) is 20.1. The second-order valence-corrected chi connectivity index (χ2v) is 7.42. The SMILES string of the molecule is CCOC(=O)c1cnn([C@H]2CCS(=O)(=O)C2)c1-n1cccc1. The summed E-state index contributed by atoms with van der Waals surface area (Å²) in [5, 5.41) is 4.25. The number of nitrogens with zero attached hydrogens (tertiary/aromatic N) is 3. The van der Waals surface area contributed by atoms with Crippen LogP contribution >= 0.6 is 0 Å². The van der Waals surface area contributed by atoms with Crippen LogP contribution in [-0.2, 0) is 14.6 Å². The van der Waals surface area contributed by atoms with Crippen molar-refractivity contribution in [2.24, 2.45) is 0 Å². The first-order valence-corrected chi connectivity index (χ1v) is 8.92. The molecule has 22 heavy (non-hydrogen) atoms. The highest BCUT2D eigenvalue weighted by Crippen LogP contribution is 2.28. The molecule has 1 saturated heterocycles. The van der Waals surface area contributed by atoms with Gasteiger partial charge in [0.05, 0.1) is 30.4 Å². The number of carbonyl (C=O) groups excluding carboxylic acids is 1. The topological polar surface area (TPSA) is 83.2 Å². The Morgan fingerprint density at radius 1 is 1.41 bits per heavy atom. The fourth-order valence-electron chi connectivity index (χ4n) is 2.68. The Bertz CT molecular complexity index is 777. The first kappa shape index (κ1) is 14.8. The lowest BCUT2D eigenvalue weighted by Crippen LogP contribution is -2.17. The van der Waals surface area contributed by atoms with Gasteiger partial charge in [0.25, 0.3) is 0 Å². The highest BCUT2D eigenvalue weighted by Gasteiger charge is 2.33. The summed E-state index contributed by atoms with van der Waals surface area (Å²) in [4.78, 5) is 12.1. The molecule has 0 amide bonds. The number of hydrogen-bond acceptors (Lipinski definition) is 5. The molecule has 1 aliphatic rings. The largest absolute Gasteiger partial charge is 0.462 e. The molecule has 0 N–H and O–H groups in total. The van der Waals surface area contributed by atoms with Crippen molar-refractivity contribution in [1.29, 1.82) is 0 Å². The van der Waals surface area contributed by atoms with Gasteiger partial charge in [-0.2, -0.15) is 5.10 Å². The predicted octanol–water partition coefficient (Wildman–Crippen LogP) is 1.21. The predicted molar refractivity (Wildman–Crippen MR) is 79.8 cm³/mol. The third kappa shape index (κ3) is 2.66. The summed E-state index contributed by atoms with van der Waals surface area (Å²) in [6.07, 6.45) is 5.53. The fourth-order valence-corrected chi connectivity index (χ4v) is 4.37. The van der Waals surface area contributed by atoms with E-state index in [1.807, 2.05) is 12.1 Å². The van der Waals surface area contributed by atoms with Crippen LogP contribution in [0.15, 0.2) is 30.7 Å². The van der Waals surface area contributed by atoms with Crippen molar-refractivity contribution >= 4 is 15.8 Å². The van der Waals surface area contributed by atoms with Gasteiger partial charge in [-0.15, -0.1) is 0 Å². The van der Waals surface area contributed by atoms with E-state index in [9.17, 15) is 13.2 Å². The molecule has 3 rings (SSSR count). The van der Waals surface area contributed by atoms with Gasteiger partial charge >= 0.3 is 5.97 Å². The van der Waals surface area contributed by atoms with E-state index in [4.69, 9.17) is 4.74 Å². The number of hydrogen-bond donors (Lipinski definition) is 0. The molecule has 0 radical (unpaired) electrons. The van der Waals surface area contributed by atoms with Gasteiger partial charge in [-0.3, -0.25) is 0 Å². The molecule has 7 nitrogen and oxygen atoms in total. The van der Waals surface area contributed by atoms with E-state index in [0.29, 0.717) is 17.8 Å². The van der Waals surface area contributed by atoms with Crippen LogP contribution in [0.2, 0.25) is 0 Å².